The van der Waals surface area contributed by atoms with Gasteiger partial charge in [0.05, 0.1) is 18.1 Å². The zero-order valence-corrected chi connectivity index (χ0v) is 13.0. The van der Waals surface area contributed by atoms with Crippen molar-refractivity contribution in [2.45, 2.75) is 38.3 Å². The van der Waals surface area contributed by atoms with Crippen molar-refractivity contribution in [2.24, 2.45) is 5.92 Å². The number of aliphatic hydroxyl groups excluding tert-OH is 1. The Bertz CT molecular complexity index is 514. The summed E-state index contributed by atoms with van der Waals surface area (Å²) in [4.78, 5) is 0.115. The van der Waals surface area contributed by atoms with E-state index in [-0.39, 0.29) is 23.5 Å². The molecule has 6 heteroatoms. The Morgan fingerprint density at radius 3 is 2.50 bits per heavy atom. The number of benzene rings is 1. The van der Waals surface area contributed by atoms with Crippen LogP contribution in [-0.2, 0) is 21.4 Å². The number of sulfonamides is 1. The molecule has 0 aliphatic heterocycles. The van der Waals surface area contributed by atoms with Gasteiger partial charge in [-0.05, 0) is 24.5 Å². The first-order valence-electron chi connectivity index (χ1n) is 6.71. The van der Waals surface area contributed by atoms with Crippen molar-refractivity contribution in [1.82, 2.24) is 4.72 Å². The predicted octanol–water partition coefficient (Wildman–Crippen LogP) is 1.52. The Hall–Kier alpha value is -0.950. The lowest BCUT2D eigenvalue weighted by atomic mass is 10.1. The summed E-state index contributed by atoms with van der Waals surface area (Å²) in [7, 11) is -3.67. The molecule has 0 aliphatic rings. The van der Waals surface area contributed by atoms with Gasteiger partial charge in [0.25, 0.3) is 0 Å². The smallest absolute Gasteiger partial charge is 0.241 e. The molecule has 114 valence electrons. The molecule has 0 aliphatic carbocycles. The van der Waals surface area contributed by atoms with Crippen LogP contribution in [-0.4, -0.2) is 32.8 Å². The standard InChI is InChI=1S/C14H23NO4S/c1-4-19-10-13(11(2)3)15-20(17,18)14-8-6-5-7-12(14)9-16/h5-8,11,13,15-16H,4,9-10H2,1-3H3. The summed E-state index contributed by atoms with van der Waals surface area (Å²) in [6.45, 7) is 6.29. The lowest BCUT2D eigenvalue weighted by Gasteiger charge is -2.22. The highest BCUT2D eigenvalue weighted by atomic mass is 32.2. The van der Waals surface area contributed by atoms with Crippen molar-refractivity contribution >= 4 is 10.0 Å². The summed E-state index contributed by atoms with van der Waals surface area (Å²) in [6, 6.07) is 6.13. The van der Waals surface area contributed by atoms with E-state index in [4.69, 9.17) is 4.74 Å². The van der Waals surface area contributed by atoms with Crippen molar-refractivity contribution in [1.29, 1.82) is 0 Å². The third-order valence-corrected chi connectivity index (χ3v) is 4.64. The van der Waals surface area contributed by atoms with E-state index < -0.39 is 10.0 Å². The first kappa shape index (κ1) is 17.1. The maximum Gasteiger partial charge on any atom is 0.241 e. The van der Waals surface area contributed by atoms with Crippen LogP contribution in [0.2, 0.25) is 0 Å². The first-order chi connectivity index (χ1) is 9.42. The largest absolute Gasteiger partial charge is 0.392 e. The van der Waals surface area contributed by atoms with Crippen LogP contribution >= 0.6 is 0 Å². The lowest BCUT2D eigenvalue weighted by Crippen LogP contribution is -2.42. The molecule has 0 fully saturated rings. The quantitative estimate of drug-likeness (QED) is 0.763. The van der Waals surface area contributed by atoms with E-state index >= 15 is 0 Å². The van der Waals surface area contributed by atoms with Gasteiger partial charge in [-0.2, -0.15) is 0 Å². The Morgan fingerprint density at radius 2 is 1.95 bits per heavy atom. The van der Waals surface area contributed by atoms with Crippen molar-refractivity contribution in [3.63, 3.8) is 0 Å². The molecule has 0 spiro atoms. The van der Waals surface area contributed by atoms with Crippen LogP contribution in [0.4, 0.5) is 0 Å². The average Bonchev–Trinajstić information content (AvgIpc) is 2.43. The highest BCUT2D eigenvalue weighted by molar-refractivity contribution is 7.89. The van der Waals surface area contributed by atoms with E-state index in [1.807, 2.05) is 20.8 Å². The number of nitrogens with one attached hydrogen (secondary N) is 1. The van der Waals surface area contributed by atoms with Crippen molar-refractivity contribution in [3.05, 3.63) is 29.8 Å². The molecule has 0 bridgehead atoms. The Morgan fingerprint density at radius 1 is 1.30 bits per heavy atom. The number of aliphatic hydroxyl groups is 1. The molecule has 2 N–H and O–H groups in total. The molecule has 5 nitrogen and oxygen atoms in total. The number of rotatable bonds is 8. The van der Waals surface area contributed by atoms with Gasteiger partial charge in [0.15, 0.2) is 0 Å². The van der Waals surface area contributed by atoms with Gasteiger partial charge in [0.1, 0.15) is 0 Å². The van der Waals surface area contributed by atoms with Gasteiger partial charge in [-0.1, -0.05) is 32.0 Å². The number of ether oxygens (including phenoxy) is 1. The SMILES string of the molecule is CCOCC(NS(=O)(=O)c1ccccc1CO)C(C)C. The third kappa shape index (κ3) is 4.56. The molecule has 0 heterocycles. The minimum Gasteiger partial charge on any atom is -0.392 e. The summed E-state index contributed by atoms with van der Waals surface area (Å²) >= 11 is 0. The van der Waals surface area contributed by atoms with Crippen LogP contribution in [0.15, 0.2) is 29.2 Å². The van der Waals surface area contributed by atoms with E-state index in [1.54, 1.807) is 18.2 Å². The Labute approximate surface area is 121 Å². The van der Waals surface area contributed by atoms with Crippen LogP contribution in [0, 0.1) is 5.92 Å². The van der Waals surface area contributed by atoms with Crippen LogP contribution in [0.5, 0.6) is 0 Å². The molecule has 1 aromatic rings. The lowest BCUT2D eigenvalue weighted by molar-refractivity contribution is 0.116. The molecule has 0 aromatic heterocycles. The van der Waals surface area contributed by atoms with Gasteiger partial charge < -0.3 is 9.84 Å². The molecule has 1 atom stereocenters. The maximum atomic E-state index is 12.4. The number of hydrogen-bond acceptors (Lipinski definition) is 4. The van der Waals surface area contributed by atoms with Crippen LogP contribution in [0.1, 0.15) is 26.3 Å². The van der Waals surface area contributed by atoms with E-state index in [0.717, 1.165) is 0 Å². The molecule has 1 unspecified atom stereocenters. The van der Waals surface area contributed by atoms with Gasteiger partial charge in [0.2, 0.25) is 10.0 Å². The topological polar surface area (TPSA) is 75.6 Å². The second-order valence-corrected chi connectivity index (χ2v) is 6.58. The fraction of sp³-hybridized carbons (Fsp3) is 0.571. The summed E-state index contributed by atoms with van der Waals surface area (Å²) in [5.41, 5.74) is 0.388. The van der Waals surface area contributed by atoms with Crippen molar-refractivity contribution in [3.8, 4) is 0 Å². The fourth-order valence-corrected chi connectivity index (χ4v) is 3.37. The normalized spacial score (nSPS) is 13.7. The summed E-state index contributed by atoms with van der Waals surface area (Å²) in [5.74, 6) is 0.109. The fourth-order valence-electron chi connectivity index (χ4n) is 1.77. The molecule has 0 saturated carbocycles. The van der Waals surface area contributed by atoms with E-state index in [0.29, 0.717) is 18.8 Å². The molecular weight excluding hydrogens is 278 g/mol. The van der Waals surface area contributed by atoms with Gasteiger partial charge >= 0.3 is 0 Å². The van der Waals surface area contributed by atoms with Crippen LogP contribution in [0.3, 0.4) is 0 Å². The Balaban J connectivity index is 2.97. The van der Waals surface area contributed by atoms with E-state index in [2.05, 4.69) is 4.72 Å². The van der Waals surface area contributed by atoms with Crippen LogP contribution in [0.25, 0.3) is 0 Å². The first-order valence-corrected chi connectivity index (χ1v) is 8.19. The molecular formula is C14H23NO4S. The van der Waals surface area contributed by atoms with Crippen molar-refractivity contribution in [2.75, 3.05) is 13.2 Å². The monoisotopic (exact) mass is 301 g/mol. The van der Waals surface area contributed by atoms with Crippen molar-refractivity contribution < 1.29 is 18.3 Å². The zero-order chi connectivity index (χ0) is 15.2. The van der Waals surface area contributed by atoms with Gasteiger partial charge in [-0.15, -0.1) is 0 Å². The molecule has 1 aromatic carbocycles. The molecule has 0 radical (unpaired) electrons. The average molecular weight is 301 g/mol. The van der Waals surface area contributed by atoms with Gasteiger partial charge in [-0.25, -0.2) is 13.1 Å². The summed E-state index contributed by atoms with van der Waals surface area (Å²) in [5, 5.41) is 9.25. The van der Waals surface area contributed by atoms with Gasteiger partial charge in [-0.3, -0.25) is 0 Å². The highest BCUT2D eigenvalue weighted by Crippen LogP contribution is 2.17. The molecule has 1 rings (SSSR count). The predicted molar refractivity (Wildman–Crippen MR) is 77.8 cm³/mol. The minimum absolute atomic E-state index is 0.109. The molecule has 0 amide bonds. The second kappa shape index (κ2) is 7.73. The second-order valence-electron chi connectivity index (χ2n) is 4.90. The maximum absolute atomic E-state index is 12.4. The highest BCUT2D eigenvalue weighted by Gasteiger charge is 2.24. The summed E-state index contributed by atoms with van der Waals surface area (Å²) < 4.78 is 32.8. The third-order valence-electron chi connectivity index (χ3n) is 3.05. The molecule has 20 heavy (non-hydrogen) atoms. The van der Waals surface area contributed by atoms with Crippen LogP contribution < -0.4 is 4.72 Å². The Kier molecular flexibility index (Phi) is 6.61. The minimum atomic E-state index is -3.67. The van der Waals surface area contributed by atoms with Gasteiger partial charge in [0, 0.05) is 12.6 Å². The number of hydrogen-bond donors (Lipinski definition) is 2. The zero-order valence-electron chi connectivity index (χ0n) is 12.2. The van der Waals surface area contributed by atoms with E-state index in [1.165, 1.54) is 6.07 Å². The molecule has 0 saturated heterocycles. The summed E-state index contributed by atoms with van der Waals surface area (Å²) in [6.07, 6.45) is 0. The van der Waals surface area contributed by atoms with E-state index in [9.17, 15) is 13.5 Å².